The molecule has 2 aromatic carbocycles. The van der Waals surface area contributed by atoms with Gasteiger partial charge in [0.1, 0.15) is 11.5 Å². The average Bonchev–Trinajstić information content (AvgIpc) is 3.12. The second kappa shape index (κ2) is 7.37. The molecule has 0 spiro atoms. The van der Waals surface area contributed by atoms with Crippen molar-refractivity contribution in [1.29, 1.82) is 0 Å². The molecule has 27 heavy (non-hydrogen) atoms. The first-order valence-electron chi connectivity index (χ1n) is 8.58. The molecule has 4 aromatic rings. The van der Waals surface area contributed by atoms with E-state index in [1.807, 2.05) is 28.8 Å². The summed E-state index contributed by atoms with van der Waals surface area (Å²) in [4.78, 5) is 21.1. The lowest BCUT2D eigenvalue weighted by Crippen LogP contribution is -2.31. The van der Waals surface area contributed by atoms with Crippen molar-refractivity contribution < 1.29 is 9.18 Å². The van der Waals surface area contributed by atoms with E-state index in [4.69, 9.17) is 0 Å². The van der Waals surface area contributed by atoms with Gasteiger partial charge in [0, 0.05) is 12.7 Å². The highest BCUT2D eigenvalue weighted by Gasteiger charge is 2.18. The third-order valence-electron chi connectivity index (χ3n) is 4.38. The number of amides is 1. The van der Waals surface area contributed by atoms with Gasteiger partial charge in [-0.3, -0.25) is 9.78 Å². The van der Waals surface area contributed by atoms with E-state index in [-0.39, 0.29) is 17.8 Å². The lowest BCUT2D eigenvalue weighted by atomic mass is 10.1. The van der Waals surface area contributed by atoms with Crippen molar-refractivity contribution in [3.63, 3.8) is 0 Å². The standard InChI is InChI=1S/C21H17FN4O/c22-16-10-8-15(9-11-16)19(25-21(27)18-6-3-4-12-23-18)13-26-14-24-17-5-1-2-7-20(17)26/h1-12,14,19H,13H2,(H,25,27). The van der Waals surface area contributed by atoms with Crippen LogP contribution in [-0.2, 0) is 6.54 Å². The molecule has 0 saturated heterocycles. The number of nitrogens with one attached hydrogen (secondary N) is 1. The van der Waals surface area contributed by atoms with Gasteiger partial charge in [-0.05, 0) is 42.0 Å². The van der Waals surface area contributed by atoms with E-state index in [1.54, 1.807) is 42.9 Å². The fourth-order valence-corrected chi connectivity index (χ4v) is 3.01. The smallest absolute Gasteiger partial charge is 0.270 e. The Bertz CT molecular complexity index is 1060. The van der Waals surface area contributed by atoms with Crippen molar-refractivity contribution in [2.24, 2.45) is 0 Å². The Morgan fingerprint density at radius 3 is 2.56 bits per heavy atom. The van der Waals surface area contributed by atoms with Gasteiger partial charge in [0.2, 0.25) is 0 Å². The molecule has 0 radical (unpaired) electrons. The molecule has 1 N–H and O–H groups in total. The summed E-state index contributed by atoms with van der Waals surface area (Å²) in [5.41, 5.74) is 2.99. The Labute approximate surface area is 155 Å². The number of pyridine rings is 1. The number of imidazole rings is 1. The van der Waals surface area contributed by atoms with Crippen molar-refractivity contribution in [2.45, 2.75) is 12.6 Å². The van der Waals surface area contributed by atoms with E-state index >= 15 is 0 Å². The van der Waals surface area contributed by atoms with Gasteiger partial charge in [-0.25, -0.2) is 9.37 Å². The highest BCUT2D eigenvalue weighted by Crippen LogP contribution is 2.20. The summed E-state index contributed by atoms with van der Waals surface area (Å²) >= 11 is 0. The third kappa shape index (κ3) is 3.69. The van der Waals surface area contributed by atoms with E-state index in [9.17, 15) is 9.18 Å². The minimum Gasteiger partial charge on any atom is -0.342 e. The summed E-state index contributed by atoms with van der Waals surface area (Å²) in [6.45, 7) is 0.463. The molecule has 6 heteroatoms. The number of para-hydroxylation sites is 2. The van der Waals surface area contributed by atoms with E-state index in [2.05, 4.69) is 15.3 Å². The van der Waals surface area contributed by atoms with Crippen LogP contribution in [0.5, 0.6) is 0 Å². The number of aromatic nitrogens is 3. The van der Waals surface area contributed by atoms with Crippen molar-refractivity contribution in [2.75, 3.05) is 0 Å². The summed E-state index contributed by atoms with van der Waals surface area (Å²) in [5, 5.41) is 3.00. The summed E-state index contributed by atoms with van der Waals surface area (Å²) in [6.07, 6.45) is 3.32. The Hall–Kier alpha value is -3.54. The molecule has 134 valence electrons. The topological polar surface area (TPSA) is 59.8 Å². The number of benzene rings is 2. The Balaban J connectivity index is 1.65. The summed E-state index contributed by atoms with van der Waals surface area (Å²) in [7, 11) is 0. The van der Waals surface area contributed by atoms with Crippen LogP contribution >= 0.6 is 0 Å². The van der Waals surface area contributed by atoms with Crippen LogP contribution in [0.1, 0.15) is 22.1 Å². The van der Waals surface area contributed by atoms with Gasteiger partial charge in [-0.15, -0.1) is 0 Å². The maximum atomic E-state index is 13.4. The molecule has 0 fully saturated rings. The van der Waals surface area contributed by atoms with Crippen molar-refractivity contribution in [3.8, 4) is 0 Å². The molecule has 0 saturated carbocycles. The van der Waals surface area contributed by atoms with Gasteiger partial charge >= 0.3 is 0 Å². The first-order chi connectivity index (χ1) is 13.2. The maximum absolute atomic E-state index is 13.4. The van der Waals surface area contributed by atoms with E-state index in [0.717, 1.165) is 16.6 Å². The molecule has 1 unspecified atom stereocenters. The van der Waals surface area contributed by atoms with Crippen LogP contribution < -0.4 is 5.32 Å². The highest BCUT2D eigenvalue weighted by molar-refractivity contribution is 5.92. The molecule has 0 aliphatic carbocycles. The first-order valence-corrected chi connectivity index (χ1v) is 8.58. The minimum atomic E-state index is -0.363. The van der Waals surface area contributed by atoms with Gasteiger partial charge in [0.25, 0.3) is 5.91 Å². The van der Waals surface area contributed by atoms with Crippen LogP contribution in [-0.4, -0.2) is 20.4 Å². The molecule has 1 amide bonds. The number of hydrogen-bond acceptors (Lipinski definition) is 3. The van der Waals surface area contributed by atoms with Crippen molar-refractivity contribution in [1.82, 2.24) is 19.9 Å². The molecule has 2 heterocycles. The molecule has 0 aliphatic heterocycles. The fraction of sp³-hybridized carbons (Fsp3) is 0.0952. The van der Waals surface area contributed by atoms with Gasteiger partial charge < -0.3 is 9.88 Å². The fourth-order valence-electron chi connectivity index (χ4n) is 3.01. The molecule has 0 bridgehead atoms. The van der Waals surface area contributed by atoms with Crippen LogP contribution in [0.25, 0.3) is 11.0 Å². The van der Waals surface area contributed by atoms with E-state index < -0.39 is 0 Å². The molecular weight excluding hydrogens is 343 g/mol. The predicted molar refractivity (Wildman–Crippen MR) is 101 cm³/mol. The van der Waals surface area contributed by atoms with Gasteiger partial charge in [-0.2, -0.15) is 0 Å². The van der Waals surface area contributed by atoms with Gasteiger partial charge in [-0.1, -0.05) is 30.3 Å². The third-order valence-corrected chi connectivity index (χ3v) is 4.38. The lowest BCUT2D eigenvalue weighted by Gasteiger charge is -2.20. The molecule has 1 atom stereocenters. The normalized spacial score (nSPS) is 12.0. The zero-order valence-electron chi connectivity index (χ0n) is 14.4. The zero-order valence-corrected chi connectivity index (χ0v) is 14.4. The second-order valence-corrected chi connectivity index (χ2v) is 6.18. The maximum Gasteiger partial charge on any atom is 0.270 e. The number of hydrogen-bond donors (Lipinski definition) is 1. The number of carbonyl (C=O) groups excluding carboxylic acids is 1. The second-order valence-electron chi connectivity index (χ2n) is 6.18. The Morgan fingerprint density at radius 1 is 1.00 bits per heavy atom. The van der Waals surface area contributed by atoms with Crippen LogP contribution in [0, 0.1) is 5.82 Å². The summed E-state index contributed by atoms with van der Waals surface area (Å²) < 4.78 is 15.3. The Morgan fingerprint density at radius 2 is 1.78 bits per heavy atom. The molecule has 2 aromatic heterocycles. The van der Waals surface area contributed by atoms with Crippen LogP contribution in [0.4, 0.5) is 4.39 Å². The van der Waals surface area contributed by atoms with Crippen LogP contribution in [0.15, 0.2) is 79.3 Å². The van der Waals surface area contributed by atoms with Crippen molar-refractivity contribution >= 4 is 16.9 Å². The zero-order chi connectivity index (χ0) is 18.6. The first kappa shape index (κ1) is 16.9. The van der Waals surface area contributed by atoms with Crippen LogP contribution in [0.2, 0.25) is 0 Å². The van der Waals surface area contributed by atoms with E-state index in [0.29, 0.717) is 12.2 Å². The van der Waals surface area contributed by atoms with E-state index in [1.165, 1.54) is 12.1 Å². The highest BCUT2D eigenvalue weighted by atomic mass is 19.1. The minimum absolute atomic E-state index is 0.283. The van der Waals surface area contributed by atoms with Crippen molar-refractivity contribution in [3.05, 3.63) is 96.3 Å². The van der Waals surface area contributed by atoms with Crippen LogP contribution in [0.3, 0.4) is 0 Å². The monoisotopic (exact) mass is 360 g/mol. The molecular formula is C21H17FN4O. The number of rotatable bonds is 5. The molecule has 4 rings (SSSR count). The summed E-state index contributed by atoms with van der Waals surface area (Å²) in [6, 6.07) is 18.7. The molecule has 0 aliphatic rings. The number of fused-ring (bicyclic) bond motifs is 1. The predicted octanol–water partition coefficient (Wildman–Crippen LogP) is 3.74. The number of carbonyl (C=O) groups is 1. The average molecular weight is 360 g/mol. The largest absolute Gasteiger partial charge is 0.342 e. The Kier molecular flexibility index (Phi) is 4.61. The quantitative estimate of drug-likeness (QED) is 0.590. The van der Waals surface area contributed by atoms with Gasteiger partial charge in [0.15, 0.2) is 0 Å². The lowest BCUT2D eigenvalue weighted by molar-refractivity contribution is 0.0928. The number of halogens is 1. The molecule has 5 nitrogen and oxygen atoms in total. The SMILES string of the molecule is O=C(NC(Cn1cnc2ccccc21)c1ccc(F)cc1)c1ccccn1. The summed E-state index contributed by atoms with van der Waals surface area (Å²) in [5.74, 6) is -0.601. The van der Waals surface area contributed by atoms with Gasteiger partial charge in [0.05, 0.1) is 23.4 Å². The number of nitrogens with zero attached hydrogens (tertiary/aromatic N) is 3.